The number of nitrogens with zero attached hydrogens (tertiary/aromatic N) is 12. The number of aromatic nitrogens is 12. The van der Waals surface area contributed by atoms with Gasteiger partial charge >= 0.3 is 0 Å². The second-order valence-electron chi connectivity index (χ2n) is 9.01. The average Bonchev–Trinajstić information content (AvgIpc) is 2.97. The molecule has 0 aliphatic heterocycles. The SMILES string of the molecule is Cc1ccnc(-c2cc(-c3nccc(C)n3)nc(-c3nc(-c4nccc(C)n4)cc(-c4nccc(C)n4)n3)n2)n1. The Morgan fingerprint density at radius 1 is 0.325 bits per heavy atom. The van der Waals surface area contributed by atoms with Crippen LogP contribution in [0.2, 0.25) is 0 Å². The molecule has 0 aromatic carbocycles. The van der Waals surface area contributed by atoms with Gasteiger partial charge in [0.15, 0.2) is 34.9 Å². The third-order valence-corrected chi connectivity index (χ3v) is 5.75. The molecule has 0 bridgehead atoms. The summed E-state index contributed by atoms with van der Waals surface area (Å²) in [6, 6.07) is 10.8. The van der Waals surface area contributed by atoms with Crippen molar-refractivity contribution in [2.24, 2.45) is 0 Å². The van der Waals surface area contributed by atoms with E-state index in [9.17, 15) is 0 Å². The summed E-state index contributed by atoms with van der Waals surface area (Å²) in [7, 11) is 0. The van der Waals surface area contributed by atoms with Gasteiger partial charge in [-0.15, -0.1) is 0 Å². The number of hydrogen-bond acceptors (Lipinski definition) is 12. The Morgan fingerprint density at radius 3 is 0.800 bits per heavy atom. The highest BCUT2D eigenvalue weighted by atomic mass is 15.1. The lowest BCUT2D eigenvalue weighted by molar-refractivity contribution is 1.01. The summed E-state index contributed by atoms with van der Waals surface area (Å²) < 4.78 is 0. The molecule has 0 atom stereocenters. The van der Waals surface area contributed by atoms with E-state index in [1.165, 1.54) is 0 Å². The van der Waals surface area contributed by atoms with Gasteiger partial charge in [-0.05, 0) is 64.1 Å². The molecule has 12 heteroatoms. The number of hydrogen-bond donors (Lipinski definition) is 0. The van der Waals surface area contributed by atoms with Gasteiger partial charge in [-0.1, -0.05) is 0 Å². The molecule has 0 amide bonds. The van der Waals surface area contributed by atoms with Crippen LogP contribution < -0.4 is 0 Å². The average molecular weight is 527 g/mol. The number of aryl methyl sites for hydroxylation is 4. The smallest absolute Gasteiger partial charge is 0.199 e. The first-order valence-electron chi connectivity index (χ1n) is 12.4. The Hall–Kier alpha value is -5.52. The fraction of sp³-hybridized carbons (Fsp3) is 0.143. The summed E-state index contributed by atoms with van der Waals surface area (Å²) in [6.45, 7) is 7.56. The Labute approximate surface area is 229 Å². The quantitative estimate of drug-likeness (QED) is 0.319. The maximum atomic E-state index is 4.77. The molecule has 0 unspecified atom stereocenters. The monoisotopic (exact) mass is 526 g/mol. The highest BCUT2D eigenvalue weighted by Gasteiger charge is 2.19. The Bertz CT molecular complexity index is 1610. The van der Waals surface area contributed by atoms with Gasteiger partial charge in [-0.2, -0.15) is 0 Å². The maximum Gasteiger partial charge on any atom is 0.199 e. The standard InChI is InChI=1S/C28H22N12/c1-15-5-9-29-23(33-15)19-13-20(24-30-10-6-16(2)34-24)38-27(37-19)28-39-21(25-31-11-7-17(3)35-25)14-22(40-28)26-32-12-8-18(4)36-26/h5-14H,1-4H3. The van der Waals surface area contributed by atoms with Crippen molar-refractivity contribution in [3.05, 3.63) is 84.0 Å². The fourth-order valence-electron chi connectivity index (χ4n) is 3.84. The first kappa shape index (κ1) is 24.8. The minimum atomic E-state index is 0.228. The van der Waals surface area contributed by atoms with Crippen LogP contribution in [0.3, 0.4) is 0 Å². The summed E-state index contributed by atoms with van der Waals surface area (Å²) in [5.41, 5.74) is 5.09. The third kappa shape index (κ3) is 5.23. The van der Waals surface area contributed by atoms with E-state index in [4.69, 9.17) is 19.9 Å². The highest BCUT2D eigenvalue weighted by molar-refractivity contribution is 5.67. The fourth-order valence-corrected chi connectivity index (χ4v) is 3.84. The van der Waals surface area contributed by atoms with E-state index < -0.39 is 0 Å². The van der Waals surface area contributed by atoms with Crippen molar-refractivity contribution in [2.75, 3.05) is 0 Å². The molecule has 6 rings (SSSR count). The molecule has 0 spiro atoms. The lowest BCUT2D eigenvalue weighted by Crippen LogP contribution is -2.05. The predicted molar refractivity (Wildman–Crippen MR) is 146 cm³/mol. The van der Waals surface area contributed by atoms with Crippen LogP contribution in [0, 0.1) is 27.7 Å². The molecular formula is C28H22N12. The molecule has 0 saturated heterocycles. The van der Waals surface area contributed by atoms with Crippen LogP contribution in [-0.2, 0) is 0 Å². The zero-order chi connectivity index (χ0) is 27.6. The molecule has 0 N–H and O–H groups in total. The minimum absolute atomic E-state index is 0.228. The van der Waals surface area contributed by atoms with Gasteiger partial charge in [0.2, 0.25) is 0 Å². The van der Waals surface area contributed by atoms with E-state index in [0.29, 0.717) is 46.1 Å². The van der Waals surface area contributed by atoms with E-state index >= 15 is 0 Å². The first-order chi connectivity index (χ1) is 19.4. The van der Waals surface area contributed by atoms with Gasteiger partial charge in [-0.25, -0.2) is 59.8 Å². The topological polar surface area (TPSA) is 155 Å². The zero-order valence-electron chi connectivity index (χ0n) is 22.1. The van der Waals surface area contributed by atoms with E-state index in [0.717, 1.165) is 22.8 Å². The van der Waals surface area contributed by atoms with Crippen molar-refractivity contribution >= 4 is 0 Å². The molecule has 6 aromatic rings. The molecule has 0 aliphatic rings. The molecular weight excluding hydrogens is 504 g/mol. The normalized spacial score (nSPS) is 11.0. The third-order valence-electron chi connectivity index (χ3n) is 5.75. The van der Waals surface area contributed by atoms with Gasteiger partial charge < -0.3 is 0 Å². The summed E-state index contributed by atoms with van der Waals surface area (Å²) >= 11 is 0. The molecule has 0 aliphatic carbocycles. The van der Waals surface area contributed by atoms with Gasteiger partial charge in [0, 0.05) is 47.6 Å². The molecule has 194 valence electrons. The van der Waals surface area contributed by atoms with Crippen LogP contribution in [0.4, 0.5) is 0 Å². The van der Waals surface area contributed by atoms with Crippen LogP contribution in [-0.4, -0.2) is 59.8 Å². The maximum absolute atomic E-state index is 4.77. The Morgan fingerprint density at radius 2 is 0.575 bits per heavy atom. The summed E-state index contributed by atoms with van der Waals surface area (Å²) in [5, 5.41) is 0. The van der Waals surface area contributed by atoms with E-state index in [2.05, 4.69) is 39.9 Å². The second kappa shape index (κ2) is 10.3. The minimum Gasteiger partial charge on any atom is -0.235 e. The van der Waals surface area contributed by atoms with Crippen LogP contribution >= 0.6 is 0 Å². The van der Waals surface area contributed by atoms with Gasteiger partial charge in [0.1, 0.15) is 22.8 Å². The van der Waals surface area contributed by atoms with Gasteiger partial charge in [0.05, 0.1) is 0 Å². The Kier molecular flexibility index (Phi) is 6.40. The molecule has 40 heavy (non-hydrogen) atoms. The molecule has 0 fully saturated rings. The molecule has 6 heterocycles. The zero-order valence-corrected chi connectivity index (χ0v) is 22.1. The lowest BCUT2D eigenvalue weighted by Gasteiger charge is -2.10. The van der Waals surface area contributed by atoms with Crippen molar-refractivity contribution in [1.82, 2.24) is 59.8 Å². The summed E-state index contributed by atoms with van der Waals surface area (Å²) in [5.74, 6) is 2.17. The van der Waals surface area contributed by atoms with Crippen LogP contribution in [0.15, 0.2) is 61.2 Å². The van der Waals surface area contributed by atoms with Crippen molar-refractivity contribution in [3.63, 3.8) is 0 Å². The van der Waals surface area contributed by atoms with Crippen LogP contribution in [0.5, 0.6) is 0 Å². The van der Waals surface area contributed by atoms with Crippen molar-refractivity contribution < 1.29 is 0 Å². The largest absolute Gasteiger partial charge is 0.235 e. The van der Waals surface area contributed by atoms with Crippen molar-refractivity contribution in [1.29, 1.82) is 0 Å². The number of rotatable bonds is 5. The van der Waals surface area contributed by atoms with E-state index in [1.54, 1.807) is 36.9 Å². The van der Waals surface area contributed by atoms with E-state index in [-0.39, 0.29) is 11.6 Å². The summed E-state index contributed by atoms with van der Waals surface area (Å²) in [6.07, 6.45) is 6.73. The van der Waals surface area contributed by atoms with E-state index in [1.807, 2.05) is 52.0 Å². The van der Waals surface area contributed by atoms with Gasteiger partial charge in [0.25, 0.3) is 0 Å². The predicted octanol–water partition coefficient (Wildman–Crippen LogP) is 4.00. The lowest BCUT2D eigenvalue weighted by atomic mass is 10.2. The van der Waals surface area contributed by atoms with Gasteiger partial charge in [-0.3, -0.25) is 0 Å². The molecule has 12 nitrogen and oxygen atoms in total. The van der Waals surface area contributed by atoms with Crippen molar-refractivity contribution in [3.8, 4) is 57.7 Å². The molecule has 0 radical (unpaired) electrons. The summed E-state index contributed by atoms with van der Waals surface area (Å²) in [4.78, 5) is 55.0. The Balaban J connectivity index is 1.60. The van der Waals surface area contributed by atoms with Crippen molar-refractivity contribution in [2.45, 2.75) is 27.7 Å². The van der Waals surface area contributed by atoms with Crippen LogP contribution in [0.1, 0.15) is 22.8 Å². The molecule has 0 saturated carbocycles. The first-order valence-corrected chi connectivity index (χ1v) is 12.4. The molecule has 6 aromatic heterocycles. The van der Waals surface area contributed by atoms with Crippen LogP contribution in [0.25, 0.3) is 57.7 Å². The second-order valence-corrected chi connectivity index (χ2v) is 9.01. The highest BCUT2D eigenvalue weighted by Crippen LogP contribution is 2.26.